The smallest absolute Gasteiger partial charge is 0.329 e. The Kier molecular flexibility index (Phi) is 11.2. The Morgan fingerprint density at radius 2 is 1.79 bits per heavy atom. The van der Waals surface area contributed by atoms with E-state index in [-0.39, 0.29) is 24.9 Å². The first-order valence-electron chi connectivity index (χ1n) is 12.0. The van der Waals surface area contributed by atoms with Crippen LogP contribution >= 0.6 is 0 Å². The number of rotatable bonds is 12. The van der Waals surface area contributed by atoms with Crippen LogP contribution in [0.1, 0.15) is 45.1 Å². The molecule has 8 nitrogen and oxygen atoms in total. The fraction of sp³-hybridized carbons (Fsp3) is 0.577. The standard InChI is InChI=1S/C26H39N3O5/c1-5-9-21(25(31)28-33)22(16-18(2)3)24(30)27-23(17-19-10-7-6-8-11-19)26(32)34-20-12-14-29(4)15-13-20/h5-8,10-11,18,20-23,33H,1,9,12-17H2,2-4H3,(H,27,30)(H,28,31)/t21-,22+,23-/m0/s1. The number of hydrogen-bond acceptors (Lipinski definition) is 6. The van der Waals surface area contributed by atoms with Crippen molar-refractivity contribution in [2.45, 2.75) is 58.1 Å². The molecule has 3 N–H and O–H groups in total. The number of likely N-dealkylation sites (tertiary alicyclic amines) is 1. The summed E-state index contributed by atoms with van der Waals surface area (Å²) in [6.07, 6.45) is 3.80. The molecular formula is C26H39N3O5. The van der Waals surface area contributed by atoms with E-state index in [1.807, 2.05) is 51.2 Å². The molecule has 1 aromatic rings. The third-order valence-electron chi connectivity index (χ3n) is 6.25. The summed E-state index contributed by atoms with van der Waals surface area (Å²) in [4.78, 5) is 41.1. The van der Waals surface area contributed by atoms with E-state index in [1.165, 1.54) is 0 Å². The van der Waals surface area contributed by atoms with Crippen molar-refractivity contribution in [3.8, 4) is 0 Å². The van der Waals surface area contributed by atoms with E-state index in [4.69, 9.17) is 4.74 Å². The fourth-order valence-corrected chi connectivity index (χ4v) is 4.35. The molecule has 1 aliphatic heterocycles. The molecule has 8 heteroatoms. The van der Waals surface area contributed by atoms with Gasteiger partial charge in [0.2, 0.25) is 11.8 Å². The minimum Gasteiger partial charge on any atom is -0.461 e. The summed E-state index contributed by atoms with van der Waals surface area (Å²) >= 11 is 0. The lowest BCUT2D eigenvalue weighted by Crippen LogP contribution is -2.50. The predicted octanol–water partition coefficient (Wildman–Crippen LogP) is 2.71. The zero-order valence-electron chi connectivity index (χ0n) is 20.5. The van der Waals surface area contributed by atoms with Crippen LogP contribution in [0.25, 0.3) is 0 Å². The third-order valence-corrected chi connectivity index (χ3v) is 6.25. The summed E-state index contributed by atoms with van der Waals surface area (Å²) in [6.45, 7) is 9.30. The van der Waals surface area contributed by atoms with Crippen LogP contribution in [0, 0.1) is 17.8 Å². The highest BCUT2D eigenvalue weighted by molar-refractivity contribution is 5.90. The number of benzene rings is 1. The maximum Gasteiger partial charge on any atom is 0.329 e. The molecule has 0 bridgehead atoms. The first-order chi connectivity index (χ1) is 16.2. The average Bonchev–Trinajstić information content (AvgIpc) is 2.82. The summed E-state index contributed by atoms with van der Waals surface area (Å²) in [5.41, 5.74) is 2.56. The minimum absolute atomic E-state index is 0.119. The molecule has 0 unspecified atom stereocenters. The van der Waals surface area contributed by atoms with Crippen LogP contribution in [0.2, 0.25) is 0 Å². The molecule has 1 aromatic carbocycles. The molecule has 1 saturated heterocycles. The summed E-state index contributed by atoms with van der Waals surface area (Å²) in [5, 5.41) is 12.1. The molecule has 1 fully saturated rings. The van der Waals surface area contributed by atoms with Crippen molar-refractivity contribution >= 4 is 17.8 Å². The van der Waals surface area contributed by atoms with Gasteiger partial charge in [-0.2, -0.15) is 0 Å². The molecule has 1 aliphatic rings. The Labute approximate surface area is 202 Å². The number of nitrogens with zero attached hydrogens (tertiary/aromatic N) is 1. The lowest BCUT2D eigenvalue weighted by atomic mass is 9.82. The van der Waals surface area contributed by atoms with Crippen LogP contribution in [-0.2, 0) is 25.5 Å². The molecule has 0 saturated carbocycles. The molecule has 0 radical (unpaired) electrons. The van der Waals surface area contributed by atoms with E-state index in [0.29, 0.717) is 6.42 Å². The zero-order valence-corrected chi connectivity index (χ0v) is 20.5. The van der Waals surface area contributed by atoms with Gasteiger partial charge in [0.25, 0.3) is 0 Å². The Balaban J connectivity index is 2.23. The van der Waals surface area contributed by atoms with Crippen molar-refractivity contribution in [1.29, 1.82) is 0 Å². The van der Waals surface area contributed by atoms with Gasteiger partial charge in [-0.05, 0) is 44.2 Å². The quantitative estimate of drug-likeness (QED) is 0.186. The van der Waals surface area contributed by atoms with Crippen molar-refractivity contribution < 1.29 is 24.3 Å². The van der Waals surface area contributed by atoms with E-state index in [1.54, 1.807) is 11.6 Å². The van der Waals surface area contributed by atoms with Crippen LogP contribution < -0.4 is 10.8 Å². The first-order valence-corrected chi connectivity index (χ1v) is 12.0. The summed E-state index contributed by atoms with van der Waals surface area (Å²) < 4.78 is 5.80. The van der Waals surface area contributed by atoms with Gasteiger partial charge in [-0.1, -0.05) is 50.3 Å². The minimum atomic E-state index is -0.884. The molecule has 3 atom stereocenters. The van der Waals surface area contributed by atoms with Gasteiger partial charge in [-0.3, -0.25) is 14.8 Å². The molecule has 0 aromatic heterocycles. The highest BCUT2D eigenvalue weighted by atomic mass is 16.5. The number of piperidine rings is 1. The van der Waals surface area contributed by atoms with Crippen LogP contribution in [0.15, 0.2) is 43.0 Å². The SMILES string of the molecule is C=CC[C@H](C(=O)NO)[C@@H](CC(C)C)C(=O)N[C@@H](Cc1ccccc1)C(=O)OC1CCN(C)CC1. The summed E-state index contributed by atoms with van der Waals surface area (Å²) in [7, 11) is 2.04. The molecule has 188 valence electrons. The molecule has 0 aliphatic carbocycles. The number of carbonyl (C=O) groups is 3. The van der Waals surface area contributed by atoms with Gasteiger partial charge in [0, 0.05) is 19.5 Å². The first kappa shape index (κ1) is 27.5. The monoisotopic (exact) mass is 473 g/mol. The van der Waals surface area contributed by atoms with Crippen LogP contribution in [-0.4, -0.2) is 60.2 Å². The van der Waals surface area contributed by atoms with Gasteiger partial charge in [0.1, 0.15) is 12.1 Å². The predicted molar refractivity (Wildman–Crippen MR) is 130 cm³/mol. The van der Waals surface area contributed by atoms with Gasteiger partial charge in [-0.25, -0.2) is 10.3 Å². The number of hydrogen-bond donors (Lipinski definition) is 3. The number of esters is 1. The molecule has 1 heterocycles. The number of nitrogens with one attached hydrogen (secondary N) is 2. The van der Waals surface area contributed by atoms with Crippen molar-refractivity contribution in [3.05, 3.63) is 48.6 Å². The largest absolute Gasteiger partial charge is 0.461 e. The van der Waals surface area contributed by atoms with Crippen molar-refractivity contribution in [2.75, 3.05) is 20.1 Å². The van der Waals surface area contributed by atoms with Crippen LogP contribution in [0.5, 0.6) is 0 Å². The Morgan fingerprint density at radius 3 is 2.35 bits per heavy atom. The van der Waals surface area contributed by atoms with Gasteiger partial charge in [0.05, 0.1) is 11.8 Å². The van der Waals surface area contributed by atoms with Crippen molar-refractivity contribution in [3.63, 3.8) is 0 Å². The molecule has 34 heavy (non-hydrogen) atoms. The van der Waals surface area contributed by atoms with Crippen LogP contribution in [0.3, 0.4) is 0 Å². The summed E-state index contributed by atoms with van der Waals surface area (Å²) in [5.74, 6) is -2.94. The number of carbonyl (C=O) groups excluding carboxylic acids is 3. The number of amides is 2. The van der Waals surface area contributed by atoms with E-state index >= 15 is 0 Å². The van der Waals surface area contributed by atoms with Gasteiger partial charge >= 0.3 is 5.97 Å². The summed E-state index contributed by atoms with van der Waals surface area (Å²) in [6, 6.07) is 8.56. The second kappa shape index (κ2) is 13.9. The zero-order chi connectivity index (χ0) is 25.1. The number of hydroxylamine groups is 1. The van der Waals surface area contributed by atoms with Gasteiger partial charge in [-0.15, -0.1) is 6.58 Å². The van der Waals surface area contributed by atoms with Gasteiger partial charge in [0.15, 0.2) is 0 Å². The Bertz CT molecular complexity index is 806. The molecular weight excluding hydrogens is 434 g/mol. The highest BCUT2D eigenvalue weighted by Gasteiger charge is 2.36. The van der Waals surface area contributed by atoms with Crippen LogP contribution in [0.4, 0.5) is 0 Å². The Morgan fingerprint density at radius 1 is 1.15 bits per heavy atom. The number of allylic oxidation sites excluding steroid dienone is 1. The third kappa shape index (κ3) is 8.57. The Hall–Kier alpha value is -2.71. The van der Waals surface area contributed by atoms with E-state index in [9.17, 15) is 19.6 Å². The maximum absolute atomic E-state index is 13.4. The lowest BCUT2D eigenvalue weighted by Gasteiger charge is -2.31. The van der Waals surface area contributed by atoms with E-state index in [2.05, 4.69) is 16.8 Å². The van der Waals surface area contributed by atoms with Crippen molar-refractivity contribution in [1.82, 2.24) is 15.7 Å². The second-order valence-corrected chi connectivity index (χ2v) is 9.53. The number of ether oxygens (including phenoxy) is 1. The van der Waals surface area contributed by atoms with E-state index in [0.717, 1.165) is 31.5 Å². The topological polar surface area (TPSA) is 108 Å². The maximum atomic E-state index is 13.4. The molecule has 0 spiro atoms. The van der Waals surface area contributed by atoms with E-state index < -0.39 is 35.7 Å². The normalized spacial score (nSPS) is 17.4. The lowest BCUT2D eigenvalue weighted by molar-refractivity contribution is -0.155. The van der Waals surface area contributed by atoms with Gasteiger partial charge < -0.3 is 15.0 Å². The highest BCUT2D eigenvalue weighted by Crippen LogP contribution is 2.25. The molecule has 2 amide bonds. The average molecular weight is 474 g/mol. The molecule has 2 rings (SSSR count). The fourth-order valence-electron chi connectivity index (χ4n) is 4.35. The van der Waals surface area contributed by atoms with Crippen molar-refractivity contribution in [2.24, 2.45) is 17.8 Å². The second-order valence-electron chi connectivity index (χ2n) is 9.53.